The fourth-order valence-corrected chi connectivity index (χ4v) is 10.2. The molecule has 0 radical (unpaired) electrons. The highest BCUT2D eigenvalue weighted by Gasteiger charge is 2.42. The van der Waals surface area contributed by atoms with E-state index in [1.807, 2.05) is 28.1 Å². The Balaban J connectivity index is 0.903. The standard InChI is InChI=1S/C45H53N9O6/c1-59-44(57)50-37(26-9-3-4-10-26)42(55)53-21-7-13-35(53)40-46-25-34(49-40)31-18-16-28-23-30(17-15-29(28)24-31)32-19-20-33-39(47-32)52-41(48-33)36-14-8-22-54(36)43(56)38(51-45(58)60-2)27-11-5-6-12-27/h15-20,23-27,35-38H,3-14,21-22H2,1-2H3,(H,46,49)(H,50,57)(H,51,58)(H,47,48,52). The first kappa shape index (κ1) is 39.5. The van der Waals surface area contributed by atoms with Crippen molar-refractivity contribution in [1.82, 2.24) is 45.4 Å². The second-order valence-corrected chi connectivity index (χ2v) is 16.8. The molecule has 2 aliphatic carbocycles. The van der Waals surface area contributed by atoms with E-state index in [1.54, 1.807) is 0 Å². The Morgan fingerprint density at radius 1 is 0.650 bits per heavy atom. The zero-order chi connectivity index (χ0) is 41.3. The molecule has 3 aromatic heterocycles. The molecule has 4 aliphatic rings. The lowest BCUT2D eigenvalue weighted by Gasteiger charge is -2.31. The molecular weight excluding hydrogens is 763 g/mol. The Morgan fingerprint density at radius 2 is 1.20 bits per heavy atom. The van der Waals surface area contributed by atoms with Crippen LogP contribution in [0.5, 0.6) is 0 Å². The summed E-state index contributed by atoms with van der Waals surface area (Å²) in [4.78, 5) is 77.7. The predicted octanol–water partition coefficient (Wildman–Crippen LogP) is 7.32. The summed E-state index contributed by atoms with van der Waals surface area (Å²) < 4.78 is 9.76. The summed E-state index contributed by atoms with van der Waals surface area (Å²) in [6, 6.07) is 14.9. The third kappa shape index (κ3) is 7.77. The van der Waals surface area contributed by atoms with Gasteiger partial charge in [-0.25, -0.2) is 24.5 Å². The van der Waals surface area contributed by atoms with Crippen LogP contribution in [-0.2, 0) is 19.1 Å². The largest absolute Gasteiger partial charge is 0.453 e. The number of pyridine rings is 1. The topological polar surface area (TPSA) is 188 Å². The van der Waals surface area contributed by atoms with Crippen LogP contribution >= 0.6 is 0 Å². The van der Waals surface area contributed by atoms with Gasteiger partial charge in [-0.05, 0) is 98.2 Å². The molecule has 60 heavy (non-hydrogen) atoms. The molecule has 15 heteroatoms. The highest BCUT2D eigenvalue weighted by Crippen LogP contribution is 2.38. The van der Waals surface area contributed by atoms with Crippen LogP contribution in [0.1, 0.15) is 101 Å². The first-order valence-corrected chi connectivity index (χ1v) is 21.5. The first-order valence-electron chi connectivity index (χ1n) is 21.5. The number of aromatic amines is 2. The van der Waals surface area contributed by atoms with Crippen LogP contribution in [0.2, 0.25) is 0 Å². The van der Waals surface area contributed by atoms with Gasteiger partial charge in [-0.15, -0.1) is 0 Å². The molecule has 9 rings (SSSR count). The lowest BCUT2D eigenvalue weighted by molar-refractivity contribution is -0.136. The highest BCUT2D eigenvalue weighted by atomic mass is 16.5. The summed E-state index contributed by atoms with van der Waals surface area (Å²) in [6.45, 7) is 1.22. The lowest BCUT2D eigenvalue weighted by Crippen LogP contribution is -2.51. The SMILES string of the molecule is COC(=O)NC(C(=O)N1CCCC1c1ncc(-c2ccc3cc(-c4ccc5[nH]c(C6CCCN6C(=O)C(NC(=O)OC)C6CCCC6)nc5n4)ccc3c2)[nH]1)C1CCCC1. The van der Waals surface area contributed by atoms with Gasteiger partial charge in [0.1, 0.15) is 23.7 Å². The summed E-state index contributed by atoms with van der Waals surface area (Å²) in [5.41, 5.74) is 4.99. The number of nitrogens with zero attached hydrogens (tertiary/aromatic N) is 5. The number of carbonyl (C=O) groups is 4. The number of imidazole rings is 2. The number of benzene rings is 2. The van der Waals surface area contributed by atoms with Gasteiger partial charge in [0, 0.05) is 24.2 Å². The van der Waals surface area contributed by atoms with E-state index in [9.17, 15) is 19.2 Å². The molecule has 2 aromatic carbocycles. The van der Waals surface area contributed by atoms with E-state index < -0.39 is 24.3 Å². The first-order chi connectivity index (χ1) is 29.3. The van der Waals surface area contributed by atoms with Gasteiger partial charge in [-0.1, -0.05) is 49.9 Å². The van der Waals surface area contributed by atoms with Crippen molar-refractivity contribution in [2.75, 3.05) is 27.3 Å². The Kier molecular flexibility index (Phi) is 11.1. The molecular formula is C45H53N9O6. The van der Waals surface area contributed by atoms with E-state index >= 15 is 0 Å². The summed E-state index contributed by atoms with van der Waals surface area (Å²) in [6.07, 6.45) is 11.8. The quantitative estimate of drug-likeness (QED) is 0.112. The van der Waals surface area contributed by atoms with Gasteiger partial charge in [0.25, 0.3) is 0 Å². The minimum absolute atomic E-state index is 0.0677. The van der Waals surface area contributed by atoms with Crippen LogP contribution in [0.15, 0.2) is 54.7 Å². The predicted molar refractivity (Wildman–Crippen MR) is 224 cm³/mol. The van der Waals surface area contributed by atoms with Crippen LogP contribution < -0.4 is 10.6 Å². The number of ether oxygens (including phenoxy) is 2. The van der Waals surface area contributed by atoms with Gasteiger partial charge in [0.15, 0.2) is 5.65 Å². The zero-order valence-electron chi connectivity index (χ0n) is 34.2. The summed E-state index contributed by atoms with van der Waals surface area (Å²) in [5, 5.41) is 7.80. The number of alkyl carbamates (subject to hydrolysis) is 2. The minimum Gasteiger partial charge on any atom is -0.453 e. The molecule has 0 bridgehead atoms. The van der Waals surface area contributed by atoms with Crippen molar-refractivity contribution in [3.8, 4) is 22.5 Å². The Labute approximate surface area is 348 Å². The zero-order valence-corrected chi connectivity index (χ0v) is 34.2. The molecule has 4 fully saturated rings. The van der Waals surface area contributed by atoms with E-state index in [2.05, 4.69) is 57.0 Å². The fraction of sp³-hybridized carbons (Fsp3) is 0.489. The van der Waals surface area contributed by atoms with Gasteiger partial charge in [0.05, 0.1) is 49.4 Å². The van der Waals surface area contributed by atoms with Crippen LogP contribution in [0.25, 0.3) is 44.5 Å². The number of H-pyrrole nitrogens is 2. The number of methoxy groups -OCH3 is 2. The number of fused-ring (bicyclic) bond motifs is 2. The number of aromatic nitrogens is 5. The molecule has 2 saturated heterocycles. The molecule has 4 amide bonds. The monoisotopic (exact) mass is 815 g/mol. The average Bonchev–Trinajstić information content (AvgIpc) is 4.12. The number of amides is 4. The van der Waals surface area contributed by atoms with Crippen LogP contribution in [0.4, 0.5) is 9.59 Å². The van der Waals surface area contributed by atoms with Crippen LogP contribution in [0.3, 0.4) is 0 Å². The van der Waals surface area contributed by atoms with Crippen molar-refractivity contribution in [3.05, 3.63) is 66.4 Å². The van der Waals surface area contributed by atoms with Crippen molar-refractivity contribution in [1.29, 1.82) is 0 Å². The average molecular weight is 816 g/mol. The lowest BCUT2D eigenvalue weighted by atomic mass is 9.96. The number of rotatable bonds is 10. The smallest absolute Gasteiger partial charge is 0.407 e. The van der Waals surface area contributed by atoms with Crippen molar-refractivity contribution >= 4 is 45.9 Å². The Hall–Kier alpha value is -5.99. The number of hydrogen-bond acceptors (Lipinski definition) is 9. The van der Waals surface area contributed by atoms with Gasteiger partial charge >= 0.3 is 12.2 Å². The normalized spacial score (nSPS) is 20.8. The second kappa shape index (κ2) is 16.9. The summed E-state index contributed by atoms with van der Waals surface area (Å²) in [7, 11) is 2.65. The molecule has 2 saturated carbocycles. The van der Waals surface area contributed by atoms with E-state index in [0.717, 1.165) is 122 Å². The molecule has 4 atom stereocenters. The molecule has 4 N–H and O–H groups in total. The van der Waals surface area contributed by atoms with Gasteiger partial charge in [0.2, 0.25) is 11.8 Å². The van der Waals surface area contributed by atoms with Crippen LogP contribution in [0, 0.1) is 11.8 Å². The van der Waals surface area contributed by atoms with Crippen molar-refractivity contribution < 1.29 is 28.7 Å². The minimum atomic E-state index is -0.617. The summed E-state index contributed by atoms with van der Waals surface area (Å²) >= 11 is 0. The molecule has 2 aliphatic heterocycles. The van der Waals surface area contributed by atoms with E-state index in [4.69, 9.17) is 24.4 Å². The maximum atomic E-state index is 14.0. The number of carbonyl (C=O) groups excluding carboxylic acids is 4. The van der Waals surface area contributed by atoms with Crippen molar-refractivity contribution in [2.45, 2.75) is 101 Å². The van der Waals surface area contributed by atoms with E-state index in [1.165, 1.54) is 14.2 Å². The third-order valence-corrected chi connectivity index (χ3v) is 13.3. The van der Waals surface area contributed by atoms with Crippen molar-refractivity contribution in [2.24, 2.45) is 11.8 Å². The molecule has 5 aromatic rings. The third-order valence-electron chi connectivity index (χ3n) is 13.3. The summed E-state index contributed by atoms with van der Waals surface area (Å²) in [5.74, 6) is 1.49. The van der Waals surface area contributed by atoms with E-state index in [-0.39, 0.29) is 35.7 Å². The molecule has 4 unspecified atom stereocenters. The molecule has 0 spiro atoms. The van der Waals surface area contributed by atoms with Gasteiger partial charge in [-0.2, -0.15) is 0 Å². The molecule has 5 heterocycles. The van der Waals surface area contributed by atoms with Gasteiger partial charge in [-0.3, -0.25) is 9.59 Å². The second-order valence-electron chi connectivity index (χ2n) is 16.8. The maximum absolute atomic E-state index is 14.0. The molecule has 15 nitrogen and oxygen atoms in total. The van der Waals surface area contributed by atoms with Crippen molar-refractivity contribution in [3.63, 3.8) is 0 Å². The molecule has 314 valence electrons. The number of nitrogens with one attached hydrogen (secondary N) is 4. The highest BCUT2D eigenvalue weighted by molar-refractivity contribution is 5.91. The Morgan fingerprint density at radius 3 is 1.78 bits per heavy atom. The van der Waals surface area contributed by atoms with Gasteiger partial charge < -0.3 is 39.9 Å². The van der Waals surface area contributed by atoms with E-state index in [0.29, 0.717) is 24.6 Å². The number of likely N-dealkylation sites (tertiary alicyclic amines) is 2. The Bertz CT molecular complexity index is 2400. The van der Waals surface area contributed by atoms with Crippen LogP contribution in [-0.4, -0.2) is 98.1 Å². The number of hydrogen-bond donors (Lipinski definition) is 4. The maximum Gasteiger partial charge on any atom is 0.407 e. The fourth-order valence-electron chi connectivity index (χ4n) is 10.2.